The molecule has 6 nitrogen and oxygen atoms in total. The molecule has 2 amide bonds. The molecule has 1 fully saturated rings. The lowest BCUT2D eigenvalue weighted by molar-refractivity contribution is -0.116. The minimum Gasteiger partial charge on any atom is -0.355 e. The fourth-order valence-corrected chi connectivity index (χ4v) is 3.05. The molecule has 2 N–H and O–H groups in total. The maximum atomic E-state index is 11.9. The van der Waals surface area contributed by atoms with E-state index in [1.807, 2.05) is 0 Å². The number of nitrogens with zero attached hydrogens (tertiary/aromatic N) is 2. The van der Waals surface area contributed by atoms with Gasteiger partial charge >= 0.3 is 0 Å². The van der Waals surface area contributed by atoms with Gasteiger partial charge in [0.15, 0.2) is 0 Å². The Labute approximate surface area is 149 Å². The van der Waals surface area contributed by atoms with Gasteiger partial charge in [0.2, 0.25) is 5.91 Å². The van der Waals surface area contributed by atoms with Crippen molar-refractivity contribution in [2.24, 2.45) is 5.92 Å². The smallest absolute Gasteiger partial charge is 0.252 e. The van der Waals surface area contributed by atoms with Gasteiger partial charge in [-0.15, -0.1) is 0 Å². The average Bonchev–Trinajstić information content (AvgIpc) is 2.63. The summed E-state index contributed by atoms with van der Waals surface area (Å²) in [5, 5.41) is 5.45. The van der Waals surface area contributed by atoms with Crippen LogP contribution in [0.1, 0.15) is 42.1 Å². The minimum absolute atomic E-state index is 0.127. The molecule has 0 radical (unpaired) electrons. The van der Waals surface area contributed by atoms with Crippen molar-refractivity contribution in [2.45, 2.75) is 26.2 Å². The predicted octanol–water partition coefficient (Wildman–Crippen LogP) is 1.69. The van der Waals surface area contributed by atoms with E-state index < -0.39 is 0 Å². The first kappa shape index (κ1) is 19.1. The fraction of sp³-hybridized carbons (Fsp3) is 0.526. The van der Waals surface area contributed by atoms with Gasteiger partial charge in [-0.25, -0.2) is 0 Å². The molecule has 6 heteroatoms. The number of aromatic nitrogens is 1. The van der Waals surface area contributed by atoms with Crippen LogP contribution in [-0.4, -0.2) is 54.9 Å². The van der Waals surface area contributed by atoms with Crippen molar-refractivity contribution < 1.29 is 9.59 Å². The van der Waals surface area contributed by atoms with Gasteiger partial charge in [-0.1, -0.05) is 6.92 Å². The van der Waals surface area contributed by atoms with Crippen LogP contribution in [0.4, 0.5) is 0 Å². The highest BCUT2D eigenvalue weighted by atomic mass is 16.2. The summed E-state index contributed by atoms with van der Waals surface area (Å²) in [6, 6.07) is 1.70. The monoisotopic (exact) mass is 344 g/mol. The van der Waals surface area contributed by atoms with Crippen LogP contribution in [0.2, 0.25) is 0 Å². The van der Waals surface area contributed by atoms with E-state index >= 15 is 0 Å². The van der Waals surface area contributed by atoms with Crippen LogP contribution in [0, 0.1) is 5.92 Å². The molecule has 2 heterocycles. The summed E-state index contributed by atoms with van der Waals surface area (Å²) in [6.45, 7) is 6.35. The Balaban J connectivity index is 1.71. The first-order valence-corrected chi connectivity index (χ1v) is 8.94. The summed E-state index contributed by atoms with van der Waals surface area (Å²) in [5.41, 5.74) is 1.19. The molecule has 0 bridgehead atoms. The standard InChI is InChI=1S/C19H28N4O2/c1-15-5-3-9-23(14-15)10-4-8-22-18(24)7-6-16-11-17(13-21-12-16)19(25)20-2/h6-7,11-13,15H,3-5,8-10,14H2,1-2H3,(H,20,25)(H,22,24)/b7-6+/t15-/m1/s1. The highest BCUT2D eigenvalue weighted by Crippen LogP contribution is 2.15. The summed E-state index contributed by atoms with van der Waals surface area (Å²) in [5.74, 6) is 0.460. The van der Waals surface area contributed by atoms with Crippen LogP contribution in [0.5, 0.6) is 0 Å². The van der Waals surface area contributed by atoms with Crippen molar-refractivity contribution in [3.63, 3.8) is 0 Å². The van der Waals surface area contributed by atoms with Crippen LogP contribution in [0.15, 0.2) is 24.5 Å². The number of hydrogen-bond acceptors (Lipinski definition) is 4. The minimum atomic E-state index is -0.195. The molecule has 1 aromatic heterocycles. The number of rotatable bonds is 7. The van der Waals surface area contributed by atoms with E-state index in [2.05, 4.69) is 27.4 Å². The molecule has 0 unspecified atom stereocenters. The molecule has 1 aliphatic rings. The second-order valence-electron chi connectivity index (χ2n) is 6.61. The van der Waals surface area contributed by atoms with Crippen LogP contribution >= 0.6 is 0 Å². The Morgan fingerprint density at radius 1 is 1.40 bits per heavy atom. The number of hydrogen-bond donors (Lipinski definition) is 2. The molecule has 0 saturated carbocycles. The topological polar surface area (TPSA) is 74.3 Å². The van der Waals surface area contributed by atoms with Gasteiger partial charge in [0, 0.05) is 38.6 Å². The molecule has 1 atom stereocenters. The van der Waals surface area contributed by atoms with Gasteiger partial charge in [-0.3, -0.25) is 14.6 Å². The number of nitrogens with one attached hydrogen (secondary N) is 2. The lowest BCUT2D eigenvalue weighted by atomic mass is 10.0. The van der Waals surface area contributed by atoms with Gasteiger partial charge in [0.05, 0.1) is 5.56 Å². The first-order valence-electron chi connectivity index (χ1n) is 8.94. The van der Waals surface area contributed by atoms with Gasteiger partial charge in [0.1, 0.15) is 0 Å². The van der Waals surface area contributed by atoms with Crippen molar-refractivity contribution in [2.75, 3.05) is 33.2 Å². The van der Waals surface area contributed by atoms with Crippen LogP contribution in [0.3, 0.4) is 0 Å². The van der Waals surface area contributed by atoms with Gasteiger partial charge < -0.3 is 15.5 Å². The van der Waals surface area contributed by atoms with Gasteiger partial charge in [0.25, 0.3) is 5.91 Å². The Morgan fingerprint density at radius 2 is 2.24 bits per heavy atom. The van der Waals surface area contributed by atoms with Gasteiger partial charge in [-0.2, -0.15) is 0 Å². The SMILES string of the molecule is CNC(=O)c1cncc(/C=C/C(=O)NCCCN2CCC[C@@H](C)C2)c1. The summed E-state index contributed by atoms with van der Waals surface area (Å²) in [6.07, 6.45) is 9.83. The highest BCUT2D eigenvalue weighted by molar-refractivity contribution is 5.95. The third-order valence-corrected chi connectivity index (χ3v) is 4.37. The zero-order valence-corrected chi connectivity index (χ0v) is 15.1. The summed E-state index contributed by atoms with van der Waals surface area (Å²) < 4.78 is 0. The second kappa shape index (κ2) is 9.93. The van der Waals surface area contributed by atoms with E-state index in [4.69, 9.17) is 0 Å². The van der Waals surface area contributed by atoms with Crippen molar-refractivity contribution in [3.8, 4) is 0 Å². The fourth-order valence-electron chi connectivity index (χ4n) is 3.05. The molecule has 1 saturated heterocycles. The van der Waals surface area contributed by atoms with E-state index in [0.717, 1.165) is 24.4 Å². The average molecular weight is 344 g/mol. The molecule has 1 aromatic rings. The number of amides is 2. The highest BCUT2D eigenvalue weighted by Gasteiger charge is 2.15. The Morgan fingerprint density at radius 3 is 3.00 bits per heavy atom. The zero-order chi connectivity index (χ0) is 18.1. The zero-order valence-electron chi connectivity index (χ0n) is 15.1. The van der Waals surface area contributed by atoms with Crippen molar-refractivity contribution >= 4 is 17.9 Å². The summed E-state index contributed by atoms with van der Waals surface area (Å²) in [4.78, 5) is 29.9. The van der Waals surface area contributed by atoms with E-state index in [9.17, 15) is 9.59 Å². The lowest BCUT2D eigenvalue weighted by Gasteiger charge is -2.30. The van der Waals surface area contributed by atoms with E-state index in [1.54, 1.807) is 25.4 Å². The van der Waals surface area contributed by atoms with Gasteiger partial charge in [-0.05, 0) is 56.0 Å². The largest absolute Gasteiger partial charge is 0.355 e. The number of piperidine rings is 1. The van der Waals surface area contributed by atoms with E-state index in [0.29, 0.717) is 12.1 Å². The van der Waals surface area contributed by atoms with Crippen molar-refractivity contribution in [3.05, 3.63) is 35.7 Å². The molecule has 25 heavy (non-hydrogen) atoms. The quantitative estimate of drug-likeness (QED) is 0.583. The van der Waals surface area contributed by atoms with E-state index in [-0.39, 0.29) is 11.8 Å². The van der Waals surface area contributed by atoms with Crippen molar-refractivity contribution in [1.82, 2.24) is 20.5 Å². The predicted molar refractivity (Wildman–Crippen MR) is 99.1 cm³/mol. The summed E-state index contributed by atoms with van der Waals surface area (Å²) in [7, 11) is 1.57. The molecular formula is C19H28N4O2. The normalized spacial score (nSPS) is 18.2. The van der Waals surface area contributed by atoms with Crippen LogP contribution in [-0.2, 0) is 4.79 Å². The molecule has 0 spiro atoms. The Hall–Kier alpha value is -2.21. The number of carbonyl (C=O) groups excluding carboxylic acids is 2. The van der Waals surface area contributed by atoms with E-state index in [1.165, 1.54) is 38.2 Å². The van der Waals surface area contributed by atoms with Crippen LogP contribution < -0.4 is 10.6 Å². The molecule has 1 aliphatic heterocycles. The number of carbonyl (C=O) groups is 2. The number of likely N-dealkylation sites (tertiary alicyclic amines) is 1. The van der Waals surface area contributed by atoms with Crippen LogP contribution in [0.25, 0.3) is 6.08 Å². The lowest BCUT2D eigenvalue weighted by Crippen LogP contribution is -2.36. The molecule has 0 aromatic carbocycles. The van der Waals surface area contributed by atoms with Crippen molar-refractivity contribution in [1.29, 1.82) is 0 Å². The third kappa shape index (κ3) is 6.66. The molecular weight excluding hydrogens is 316 g/mol. The molecule has 136 valence electrons. The third-order valence-electron chi connectivity index (χ3n) is 4.37. The Bertz CT molecular complexity index is 615. The maximum Gasteiger partial charge on any atom is 0.252 e. The first-order chi connectivity index (χ1) is 12.1. The molecule has 2 rings (SSSR count). The summed E-state index contributed by atoms with van der Waals surface area (Å²) >= 11 is 0. The Kier molecular flexibility index (Phi) is 7.60. The number of pyridine rings is 1. The molecule has 0 aliphatic carbocycles. The maximum absolute atomic E-state index is 11.9. The second-order valence-corrected chi connectivity index (χ2v) is 6.61.